The van der Waals surface area contributed by atoms with Crippen molar-refractivity contribution in [2.75, 3.05) is 18.5 Å². The summed E-state index contributed by atoms with van der Waals surface area (Å²) in [5.41, 5.74) is -0.684. The summed E-state index contributed by atoms with van der Waals surface area (Å²) in [5.74, 6) is -5.01. The Morgan fingerprint density at radius 2 is 2.15 bits per heavy atom. The number of ether oxygens (including phenoxy) is 1. The van der Waals surface area contributed by atoms with Crippen molar-refractivity contribution < 1.29 is 27.2 Å². The number of nitro groups is 1. The first-order valence-corrected chi connectivity index (χ1v) is 5.46. The van der Waals surface area contributed by atoms with E-state index in [1.807, 2.05) is 0 Å². The maximum absolute atomic E-state index is 12.7. The number of anilines is 1. The number of aromatic nitrogens is 1. The van der Waals surface area contributed by atoms with Crippen molar-refractivity contribution in [3.63, 3.8) is 0 Å². The van der Waals surface area contributed by atoms with Crippen LogP contribution < -0.4 is 10.1 Å². The highest BCUT2D eigenvalue weighted by Crippen LogP contribution is 2.29. The fourth-order valence-corrected chi connectivity index (χ4v) is 1.19. The van der Waals surface area contributed by atoms with Crippen molar-refractivity contribution in [2.45, 2.75) is 19.3 Å². The van der Waals surface area contributed by atoms with Gasteiger partial charge in [-0.3, -0.25) is 10.1 Å². The molecule has 0 radical (unpaired) electrons. The molecule has 1 aromatic heterocycles. The Kier molecular flexibility index (Phi) is 5.06. The van der Waals surface area contributed by atoms with Gasteiger partial charge in [0.2, 0.25) is 0 Å². The summed E-state index contributed by atoms with van der Waals surface area (Å²) >= 11 is 0. The molecular weight excluding hydrogens is 286 g/mol. The van der Waals surface area contributed by atoms with Crippen LogP contribution >= 0.6 is 0 Å². The lowest BCUT2D eigenvalue weighted by Gasteiger charge is -2.15. The van der Waals surface area contributed by atoms with E-state index in [4.69, 9.17) is 0 Å². The number of rotatable bonds is 7. The lowest BCUT2D eigenvalue weighted by Crippen LogP contribution is -2.34. The third-order valence-electron chi connectivity index (χ3n) is 2.12. The van der Waals surface area contributed by atoms with Crippen LogP contribution in [0.1, 0.15) is 6.92 Å². The van der Waals surface area contributed by atoms with E-state index < -0.39 is 35.4 Å². The van der Waals surface area contributed by atoms with Gasteiger partial charge in [-0.05, 0) is 13.0 Å². The summed E-state index contributed by atoms with van der Waals surface area (Å²) in [6.45, 7) is 0.445. The zero-order chi connectivity index (χ0) is 15.3. The van der Waals surface area contributed by atoms with Crippen LogP contribution in [-0.4, -0.2) is 35.4 Å². The van der Waals surface area contributed by atoms with E-state index in [2.05, 4.69) is 15.0 Å². The third-order valence-corrected chi connectivity index (χ3v) is 2.12. The molecule has 0 unspecified atom stereocenters. The van der Waals surface area contributed by atoms with Gasteiger partial charge in [0, 0.05) is 12.6 Å². The number of nitrogens with one attached hydrogen (secondary N) is 1. The first-order valence-electron chi connectivity index (χ1n) is 5.46. The van der Waals surface area contributed by atoms with Crippen LogP contribution in [-0.2, 0) is 0 Å². The van der Waals surface area contributed by atoms with Gasteiger partial charge in [-0.15, -0.1) is 0 Å². The zero-order valence-electron chi connectivity index (χ0n) is 10.3. The number of pyridine rings is 1. The molecule has 0 aliphatic carbocycles. The predicted molar refractivity (Wildman–Crippen MR) is 61.5 cm³/mol. The van der Waals surface area contributed by atoms with Crippen LogP contribution in [0.25, 0.3) is 0 Å². The van der Waals surface area contributed by atoms with Crippen molar-refractivity contribution in [1.29, 1.82) is 0 Å². The molecule has 0 saturated heterocycles. The summed E-state index contributed by atoms with van der Waals surface area (Å²) in [4.78, 5) is 13.4. The van der Waals surface area contributed by atoms with E-state index in [1.165, 1.54) is 6.07 Å². The number of hydrogen-bond donors (Lipinski definition) is 1. The van der Waals surface area contributed by atoms with E-state index in [0.29, 0.717) is 6.54 Å². The number of nitrogens with zero attached hydrogens (tertiary/aromatic N) is 2. The van der Waals surface area contributed by atoms with Crippen LogP contribution in [0, 0.1) is 10.1 Å². The molecule has 0 bridgehead atoms. The van der Waals surface area contributed by atoms with Gasteiger partial charge >= 0.3 is 18.0 Å². The molecule has 0 amide bonds. The van der Waals surface area contributed by atoms with Crippen molar-refractivity contribution in [2.24, 2.45) is 0 Å². The van der Waals surface area contributed by atoms with Crippen molar-refractivity contribution >= 4 is 11.5 Å². The molecule has 20 heavy (non-hydrogen) atoms. The second-order valence-electron chi connectivity index (χ2n) is 3.66. The molecule has 0 saturated carbocycles. The highest BCUT2D eigenvalue weighted by atomic mass is 19.3. The van der Waals surface area contributed by atoms with Gasteiger partial charge in [0.25, 0.3) is 5.88 Å². The molecular formula is C10H11F4N3O3. The number of hydrogen-bond acceptors (Lipinski definition) is 5. The zero-order valence-corrected chi connectivity index (χ0v) is 10.3. The topological polar surface area (TPSA) is 77.3 Å². The molecule has 0 fully saturated rings. The summed E-state index contributed by atoms with van der Waals surface area (Å²) < 4.78 is 53.8. The van der Waals surface area contributed by atoms with Gasteiger partial charge in [-0.2, -0.15) is 13.8 Å². The predicted octanol–water partition coefficient (Wildman–Crippen LogP) is 2.70. The Morgan fingerprint density at radius 1 is 1.50 bits per heavy atom. The van der Waals surface area contributed by atoms with Gasteiger partial charge in [0.05, 0.1) is 4.92 Å². The van der Waals surface area contributed by atoms with Gasteiger partial charge in [-0.25, -0.2) is 8.78 Å². The fourth-order valence-electron chi connectivity index (χ4n) is 1.19. The van der Waals surface area contributed by atoms with Gasteiger partial charge in [0.15, 0.2) is 6.61 Å². The minimum Gasteiger partial charge on any atom is -0.466 e. The molecule has 112 valence electrons. The van der Waals surface area contributed by atoms with E-state index >= 15 is 0 Å². The first-order chi connectivity index (χ1) is 9.27. The average Bonchev–Trinajstić information content (AvgIpc) is 2.36. The molecule has 0 aliphatic heterocycles. The Labute approximate surface area is 110 Å². The SMILES string of the molecule is CCNc1ccc([N+](=O)[O-])c(OCC(F)(F)C(F)F)n1. The minimum absolute atomic E-state index is 0.147. The van der Waals surface area contributed by atoms with Gasteiger partial charge in [0.1, 0.15) is 5.82 Å². The molecule has 0 spiro atoms. The smallest absolute Gasteiger partial charge is 0.340 e. The quantitative estimate of drug-likeness (QED) is 0.475. The van der Waals surface area contributed by atoms with Crippen molar-refractivity contribution in [3.05, 3.63) is 22.2 Å². The molecule has 6 nitrogen and oxygen atoms in total. The standard InChI is InChI=1S/C10H11F4N3O3/c1-2-15-7-4-3-6(17(18)19)8(16-7)20-5-10(13,14)9(11)12/h3-4,9H,2,5H2,1H3,(H,15,16). The molecule has 0 atom stereocenters. The third kappa shape index (κ3) is 3.93. The molecule has 0 aliphatic rings. The average molecular weight is 297 g/mol. The monoisotopic (exact) mass is 297 g/mol. The summed E-state index contributed by atoms with van der Waals surface area (Å²) in [7, 11) is 0. The fraction of sp³-hybridized carbons (Fsp3) is 0.500. The molecule has 0 aromatic carbocycles. The second kappa shape index (κ2) is 6.35. The molecule has 1 rings (SSSR count). The Morgan fingerprint density at radius 3 is 2.65 bits per heavy atom. The van der Waals surface area contributed by atoms with Crippen LogP contribution in [0.3, 0.4) is 0 Å². The summed E-state index contributed by atoms with van der Waals surface area (Å²) in [6, 6.07) is 2.24. The van der Waals surface area contributed by atoms with Crippen LogP contribution in [0.15, 0.2) is 12.1 Å². The van der Waals surface area contributed by atoms with E-state index in [9.17, 15) is 27.7 Å². The van der Waals surface area contributed by atoms with Gasteiger partial charge in [-0.1, -0.05) is 0 Å². The van der Waals surface area contributed by atoms with E-state index in [-0.39, 0.29) is 5.82 Å². The van der Waals surface area contributed by atoms with Gasteiger partial charge < -0.3 is 10.1 Å². The van der Waals surface area contributed by atoms with E-state index in [0.717, 1.165) is 6.07 Å². The Bertz CT molecular complexity index is 485. The van der Waals surface area contributed by atoms with Crippen LogP contribution in [0.2, 0.25) is 0 Å². The molecule has 1 aromatic rings. The summed E-state index contributed by atoms with van der Waals surface area (Å²) in [6.07, 6.45) is -3.93. The molecule has 10 heteroatoms. The lowest BCUT2D eigenvalue weighted by molar-refractivity contribution is -0.386. The van der Waals surface area contributed by atoms with Crippen LogP contribution in [0.5, 0.6) is 5.88 Å². The normalized spacial score (nSPS) is 11.5. The number of alkyl halides is 4. The molecule has 1 heterocycles. The highest BCUT2D eigenvalue weighted by molar-refractivity contribution is 5.49. The minimum atomic E-state index is -4.41. The van der Waals surface area contributed by atoms with Crippen LogP contribution in [0.4, 0.5) is 29.1 Å². The van der Waals surface area contributed by atoms with Crippen molar-refractivity contribution in [3.8, 4) is 5.88 Å². The van der Waals surface area contributed by atoms with E-state index in [1.54, 1.807) is 6.92 Å². The van der Waals surface area contributed by atoms with Crippen molar-refractivity contribution in [1.82, 2.24) is 4.98 Å². The maximum atomic E-state index is 12.7. The first kappa shape index (κ1) is 15.9. The maximum Gasteiger partial charge on any atom is 0.340 e. The summed E-state index contributed by atoms with van der Waals surface area (Å²) in [5, 5.41) is 13.4. The lowest BCUT2D eigenvalue weighted by atomic mass is 10.3. The Hall–Kier alpha value is -2.13. The Balaban J connectivity index is 2.96. The number of halogens is 4. The second-order valence-corrected chi connectivity index (χ2v) is 3.66. The highest BCUT2D eigenvalue weighted by Gasteiger charge is 2.42. The molecule has 1 N–H and O–H groups in total. The largest absolute Gasteiger partial charge is 0.466 e.